The lowest BCUT2D eigenvalue weighted by molar-refractivity contribution is -0.118. The van der Waals surface area contributed by atoms with Gasteiger partial charge in [0.1, 0.15) is 5.75 Å². The lowest BCUT2D eigenvalue weighted by atomic mass is 10.2. The average molecular weight is 279 g/mol. The molecule has 0 radical (unpaired) electrons. The second-order valence-electron chi connectivity index (χ2n) is 4.44. The van der Waals surface area contributed by atoms with Gasteiger partial charge in [-0.25, -0.2) is 0 Å². The Bertz CT molecular complexity index is 760. The molecule has 3 rings (SSSR count). The number of nitrogens with one attached hydrogen (secondary N) is 1. The SMILES string of the molecule is O=C(COc1cnc2ccccc2c1)Nc1cccnc1. The molecule has 0 bridgehead atoms. The molecule has 0 spiro atoms. The molecule has 0 fully saturated rings. The molecular formula is C16H13N3O2. The molecule has 0 saturated carbocycles. The van der Waals surface area contributed by atoms with Crippen LogP contribution in [-0.4, -0.2) is 22.5 Å². The Hall–Kier alpha value is -2.95. The van der Waals surface area contributed by atoms with E-state index in [-0.39, 0.29) is 12.5 Å². The van der Waals surface area contributed by atoms with Gasteiger partial charge in [-0.2, -0.15) is 0 Å². The molecule has 1 aromatic carbocycles. The minimum Gasteiger partial charge on any atom is -0.482 e. The van der Waals surface area contributed by atoms with Crippen molar-refractivity contribution in [1.82, 2.24) is 9.97 Å². The molecule has 2 heterocycles. The number of hydrogen-bond donors (Lipinski definition) is 1. The van der Waals surface area contributed by atoms with Gasteiger partial charge >= 0.3 is 0 Å². The van der Waals surface area contributed by atoms with Crippen LogP contribution >= 0.6 is 0 Å². The van der Waals surface area contributed by atoms with Crippen LogP contribution in [0.5, 0.6) is 5.75 Å². The highest BCUT2D eigenvalue weighted by Gasteiger charge is 2.04. The summed E-state index contributed by atoms with van der Waals surface area (Å²) in [7, 11) is 0. The van der Waals surface area contributed by atoms with Crippen molar-refractivity contribution in [3.8, 4) is 5.75 Å². The number of aromatic nitrogens is 2. The maximum atomic E-state index is 11.8. The number of benzene rings is 1. The highest BCUT2D eigenvalue weighted by atomic mass is 16.5. The molecular weight excluding hydrogens is 266 g/mol. The monoisotopic (exact) mass is 279 g/mol. The zero-order valence-corrected chi connectivity index (χ0v) is 11.2. The van der Waals surface area contributed by atoms with Crippen LogP contribution in [0.3, 0.4) is 0 Å². The number of fused-ring (bicyclic) bond motifs is 1. The highest BCUT2D eigenvalue weighted by molar-refractivity contribution is 5.91. The first kappa shape index (κ1) is 13.1. The van der Waals surface area contributed by atoms with Gasteiger partial charge in [0, 0.05) is 11.6 Å². The van der Waals surface area contributed by atoms with Crippen LogP contribution in [0.15, 0.2) is 61.1 Å². The van der Waals surface area contributed by atoms with Gasteiger partial charge in [0.25, 0.3) is 5.91 Å². The molecule has 104 valence electrons. The van der Waals surface area contributed by atoms with Crippen molar-refractivity contribution < 1.29 is 9.53 Å². The molecule has 21 heavy (non-hydrogen) atoms. The van der Waals surface area contributed by atoms with Crippen LogP contribution in [0, 0.1) is 0 Å². The maximum Gasteiger partial charge on any atom is 0.262 e. The molecule has 1 amide bonds. The fourth-order valence-electron chi connectivity index (χ4n) is 1.91. The molecule has 0 saturated heterocycles. The summed E-state index contributed by atoms with van der Waals surface area (Å²) in [5.74, 6) is 0.325. The van der Waals surface area contributed by atoms with Crippen molar-refractivity contribution >= 4 is 22.5 Å². The first-order valence-electron chi connectivity index (χ1n) is 6.49. The van der Waals surface area contributed by atoms with Crippen LogP contribution in [0.1, 0.15) is 0 Å². The quantitative estimate of drug-likeness (QED) is 0.797. The maximum absolute atomic E-state index is 11.8. The van der Waals surface area contributed by atoms with Crippen molar-refractivity contribution in [1.29, 1.82) is 0 Å². The Labute approximate surface area is 121 Å². The third-order valence-corrected chi connectivity index (χ3v) is 2.88. The van der Waals surface area contributed by atoms with Crippen LogP contribution < -0.4 is 10.1 Å². The van der Waals surface area contributed by atoms with Crippen LogP contribution in [0.2, 0.25) is 0 Å². The van der Waals surface area contributed by atoms with Crippen LogP contribution in [0.4, 0.5) is 5.69 Å². The Kier molecular flexibility index (Phi) is 3.73. The Morgan fingerprint density at radius 3 is 2.90 bits per heavy atom. The minimum absolute atomic E-state index is 0.0745. The van der Waals surface area contributed by atoms with Crippen LogP contribution in [-0.2, 0) is 4.79 Å². The molecule has 5 nitrogen and oxygen atoms in total. The van der Waals surface area contributed by atoms with E-state index in [1.807, 2.05) is 30.3 Å². The van der Waals surface area contributed by atoms with E-state index in [0.29, 0.717) is 11.4 Å². The van der Waals surface area contributed by atoms with Crippen molar-refractivity contribution in [2.45, 2.75) is 0 Å². The van der Waals surface area contributed by atoms with E-state index in [9.17, 15) is 4.79 Å². The summed E-state index contributed by atoms with van der Waals surface area (Å²) in [5.41, 5.74) is 1.53. The smallest absolute Gasteiger partial charge is 0.262 e. The molecule has 1 N–H and O–H groups in total. The van der Waals surface area contributed by atoms with Gasteiger partial charge in [-0.3, -0.25) is 14.8 Å². The van der Waals surface area contributed by atoms with E-state index in [2.05, 4.69) is 15.3 Å². The second-order valence-corrected chi connectivity index (χ2v) is 4.44. The van der Waals surface area contributed by atoms with E-state index < -0.39 is 0 Å². The van der Waals surface area contributed by atoms with Crippen molar-refractivity contribution in [2.75, 3.05) is 11.9 Å². The number of para-hydroxylation sites is 1. The summed E-state index contributed by atoms with van der Waals surface area (Å²) >= 11 is 0. The Balaban J connectivity index is 1.62. The summed E-state index contributed by atoms with van der Waals surface area (Å²) < 4.78 is 5.45. The average Bonchev–Trinajstić information content (AvgIpc) is 2.54. The fourth-order valence-corrected chi connectivity index (χ4v) is 1.91. The van der Waals surface area contributed by atoms with Gasteiger partial charge in [-0.05, 0) is 24.3 Å². The number of pyridine rings is 2. The van der Waals surface area contributed by atoms with Gasteiger partial charge in [-0.1, -0.05) is 18.2 Å². The summed E-state index contributed by atoms with van der Waals surface area (Å²) in [6.07, 6.45) is 4.84. The topological polar surface area (TPSA) is 64.1 Å². The number of nitrogens with zero attached hydrogens (tertiary/aromatic N) is 2. The van der Waals surface area contributed by atoms with Gasteiger partial charge in [-0.15, -0.1) is 0 Å². The van der Waals surface area contributed by atoms with Gasteiger partial charge < -0.3 is 10.1 Å². The number of ether oxygens (including phenoxy) is 1. The second kappa shape index (κ2) is 6.00. The standard InChI is InChI=1S/C16H13N3O2/c20-16(19-13-5-3-7-17-9-13)11-21-14-8-12-4-1-2-6-15(12)18-10-14/h1-10H,11H2,(H,19,20). The molecule has 2 aromatic heterocycles. The Morgan fingerprint density at radius 1 is 1.14 bits per heavy atom. The van der Waals surface area contributed by atoms with E-state index in [4.69, 9.17) is 4.74 Å². The summed E-state index contributed by atoms with van der Waals surface area (Å²) in [6, 6.07) is 13.1. The van der Waals surface area contributed by atoms with Crippen molar-refractivity contribution in [3.63, 3.8) is 0 Å². The van der Waals surface area contributed by atoms with Gasteiger partial charge in [0.15, 0.2) is 6.61 Å². The Morgan fingerprint density at radius 2 is 2.05 bits per heavy atom. The van der Waals surface area contributed by atoms with Crippen molar-refractivity contribution in [3.05, 3.63) is 61.1 Å². The molecule has 5 heteroatoms. The lowest BCUT2D eigenvalue weighted by Crippen LogP contribution is -2.20. The van der Waals surface area contributed by atoms with E-state index >= 15 is 0 Å². The van der Waals surface area contributed by atoms with E-state index in [1.54, 1.807) is 30.7 Å². The minimum atomic E-state index is -0.240. The molecule has 0 aliphatic rings. The third-order valence-electron chi connectivity index (χ3n) is 2.88. The van der Waals surface area contributed by atoms with E-state index in [0.717, 1.165) is 10.9 Å². The van der Waals surface area contributed by atoms with Gasteiger partial charge in [0.2, 0.25) is 0 Å². The molecule has 0 unspecified atom stereocenters. The number of carbonyl (C=O) groups is 1. The lowest BCUT2D eigenvalue weighted by Gasteiger charge is -2.07. The highest BCUT2D eigenvalue weighted by Crippen LogP contribution is 2.17. The molecule has 0 aliphatic carbocycles. The molecule has 0 aliphatic heterocycles. The normalized spacial score (nSPS) is 10.3. The fraction of sp³-hybridized carbons (Fsp3) is 0.0625. The number of hydrogen-bond acceptors (Lipinski definition) is 4. The van der Waals surface area contributed by atoms with Crippen LogP contribution in [0.25, 0.3) is 10.9 Å². The number of anilines is 1. The van der Waals surface area contributed by atoms with Crippen molar-refractivity contribution in [2.24, 2.45) is 0 Å². The zero-order chi connectivity index (χ0) is 14.5. The number of carbonyl (C=O) groups excluding carboxylic acids is 1. The molecule has 3 aromatic rings. The predicted molar refractivity (Wildman–Crippen MR) is 80.1 cm³/mol. The van der Waals surface area contributed by atoms with Gasteiger partial charge in [0.05, 0.1) is 23.6 Å². The molecule has 0 atom stereocenters. The number of rotatable bonds is 4. The first-order valence-corrected chi connectivity index (χ1v) is 6.49. The predicted octanol–water partition coefficient (Wildman–Crippen LogP) is 2.65. The summed E-state index contributed by atoms with van der Waals surface area (Å²) in [4.78, 5) is 20.0. The first-order chi connectivity index (χ1) is 10.3. The summed E-state index contributed by atoms with van der Waals surface area (Å²) in [6.45, 7) is -0.0745. The largest absolute Gasteiger partial charge is 0.482 e. The number of amides is 1. The zero-order valence-electron chi connectivity index (χ0n) is 11.2. The summed E-state index contributed by atoms with van der Waals surface area (Å²) in [5, 5.41) is 3.68. The van der Waals surface area contributed by atoms with E-state index in [1.165, 1.54) is 0 Å². The third kappa shape index (κ3) is 3.33.